The summed E-state index contributed by atoms with van der Waals surface area (Å²) in [7, 11) is 0. The van der Waals surface area contributed by atoms with Gasteiger partial charge in [0.2, 0.25) is 0 Å². The SMILES string of the molecule is CSCCc1cc(C)ccc1C. The summed E-state index contributed by atoms with van der Waals surface area (Å²) in [6.45, 7) is 4.34. The first-order valence-corrected chi connectivity index (χ1v) is 5.68. The molecule has 0 heterocycles. The molecule has 0 bridgehead atoms. The smallest absolute Gasteiger partial charge is 0.00297 e. The molecule has 0 nitrogen and oxygen atoms in total. The summed E-state index contributed by atoms with van der Waals surface area (Å²) in [5.41, 5.74) is 4.30. The van der Waals surface area contributed by atoms with E-state index < -0.39 is 0 Å². The first-order valence-electron chi connectivity index (χ1n) is 4.29. The highest BCUT2D eigenvalue weighted by atomic mass is 32.2. The second-order valence-corrected chi connectivity index (χ2v) is 4.16. The monoisotopic (exact) mass is 180 g/mol. The van der Waals surface area contributed by atoms with Crippen LogP contribution in [0.5, 0.6) is 0 Å². The van der Waals surface area contributed by atoms with Gasteiger partial charge < -0.3 is 0 Å². The molecule has 0 aliphatic heterocycles. The molecule has 1 aromatic rings. The van der Waals surface area contributed by atoms with Crippen LogP contribution in [0.2, 0.25) is 0 Å². The minimum Gasteiger partial charge on any atom is -0.165 e. The van der Waals surface area contributed by atoms with Gasteiger partial charge in [-0.1, -0.05) is 23.8 Å². The Morgan fingerprint density at radius 3 is 2.67 bits per heavy atom. The highest BCUT2D eigenvalue weighted by molar-refractivity contribution is 7.98. The number of aryl methyl sites for hydroxylation is 3. The lowest BCUT2D eigenvalue weighted by molar-refractivity contribution is 1.12. The Morgan fingerprint density at radius 1 is 1.25 bits per heavy atom. The van der Waals surface area contributed by atoms with Crippen molar-refractivity contribution >= 4 is 11.8 Å². The molecule has 0 unspecified atom stereocenters. The molecule has 12 heavy (non-hydrogen) atoms. The minimum atomic E-state index is 1.20. The molecule has 0 atom stereocenters. The largest absolute Gasteiger partial charge is 0.165 e. The van der Waals surface area contributed by atoms with Gasteiger partial charge in [-0.25, -0.2) is 0 Å². The third kappa shape index (κ3) is 2.56. The lowest BCUT2D eigenvalue weighted by Crippen LogP contribution is -1.92. The number of thioether (sulfide) groups is 1. The summed E-state index contributed by atoms with van der Waals surface area (Å²) < 4.78 is 0. The zero-order valence-electron chi connectivity index (χ0n) is 8.05. The van der Waals surface area contributed by atoms with Crippen molar-refractivity contribution in [2.45, 2.75) is 20.3 Å². The maximum Gasteiger partial charge on any atom is -0.00297 e. The van der Waals surface area contributed by atoms with Crippen LogP contribution in [0, 0.1) is 13.8 Å². The standard InChI is InChI=1S/C11H16S/c1-9-4-5-10(2)11(8-9)6-7-12-3/h4-5,8H,6-7H2,1-3H3. The van der Waals surface area contributed by atoms with Gasteiger partial charge in [-0.15, -0.1) is 0 Å². The van der Waals surface area contributed by atoms with Crippen LogP contribution in [-0.4, -0.2) is 12.0 Å². The third-order valence-corrected chi connectivity index (χ3v) is 2.69. The maximum atomic E-state index is 2.30. The molecule has 0 aliphatic rings. The van der Waals surface area contributed by atoms with Gasteiger partial charge in [-0.3, -0.25) is 0 Å². The summed E-state index contributed by atoms with van der Waals surface area (Å²) in [5.74, 6) is 1.23. The second kappa shape index (κ2) is 4.56. The Balaban J connectivity index is 2.75. The lowest BCUT2D eigenvalue weighted by atomic mass is 10.0. The number of rotatable bonds is 3. The summed E-state index contributed by atoms with van der Waals surface area (Å²) in [5, 5.41) is 0. The van der Waals surface area contributed by atoms with E-state index in [9.17, 15) is 0 Å². The van der Waals surface area contributed by atoms with Crippen molar-refractivity contribution < 1.29 is 0 Å². The zero-order valence-corrected chi connectivity index (χ0v) is 8.87. The van der Waals surface area contributed by atoms with Gasteiger partial charge in [0.25, 0.3) is 0 Å². The Labute approximate surface area is 79.4 Å². The lowest BCUT2D eigenvalue weighted by Gasteiger charge is -2.05. The van der Waals surface area contributed by atoms with E-state index in [1.165, 1.54) is 28.9 Å². The fourth-order valence-electron chi connectivity index (χ4n) is 1.28. The topological polar surface area (TPSA) is 0 Å². The normalized spacial score (nSPS) is 10.2. The van der Waals surface area contributed by atoms with E-state index in [1.807, 2.05) is 11.8 Å². The molecule has 1 rings (SSSR count). The molecular weight excluding hydrogens is 164 g/mol. The predicted octanol–water partition coefficient (Wildman–Crippen LogP) is 3.21. The van der Waals surface area contributed by atoms with E-state index in [2.05, 4.69) is 38.3 Å². The molecule has 0 saturated heterocycles. The van der Waals surface area contributed by atoms with Crippen molar-refractivity contribution in [3.63, 3.8) is 0 Å². The van der Waals surface area contributed by atoms with Crippen LogP contribution >= 0.6 is 11.8 Å². The van der Waals surface area contributed by atoms with Crippen molar-refractivity contribution in [1.82, 2.24) is 0 Å². The van der Waals surface area contributed by atoms with Crippen LogP contribution in [0.1, 0.15) is 16.7 Å². The van der Waals surface area contributed by atoms with E-state index in [4.69, 9.17) is 0 Å². The molecule has 0 spiro atoms. The van der Waals surface area contributed by atoms with Crippen molar-refractivity contribution in [3.8, 4) is 0 Å². The van der Waals surface area contributed by atoms with Gasteiger partial charge in [0.05, 0.1) is 0 Å². The minimum absolute atomic E-state index is 1.20. The van der Waals surface area contributed by atoms with Crippen LogP contribution in [0.25, 0.3) is 0 Å². The summed E-state index contributed by atoms with van der Waals surface area (Å²) in [4.78, 5) is 0. The van der Waals surface area contributed by atoms with Crippen molar-refractivity contribution in [2.24, 2.45) is 0 Å². The van der Waals surface area contributed by atoms with Gasteiger partial charge >= 0.3 is 0 Å². The van der Waals surface area contributed by atoms with Crippen molar-refractivity contribution in [1.29, 1.82) is 0 Å². The van der Waals surface area contributed by atoms with E-state index in [1.54, 1.807) is 0 Å². The molecule has 1 heteroatoms. The summed E-state index contributed by atoms with van der Waals surface area (Å²) >= 11 is 1.91. The van der Waals surface area contributed by atoms with Crippen LogP contribution in [0.3, 0.4) is 0 Å². The first kappa shape index (κ1) is 9.66. The fourth-order valence-corrected chi connectivity index (χ4v) is 1.71. The maximum absolute atomic E-state index is 2.30. The predicted molar refractivity (Wildman–Crippen MR) is 58.0 cm³/mol. The van der Waals surface area contributed by atoms with Gasteiger partial charge in [0.1, 0.15) is 0 Å². The van der Waals surface area contributed by atoms with Gasteiger partial charge in [-0.2, -0.15) is 11.8 Å². The quantitative estimate of drug-likeness (QED) is 0.688. The number of benzene rings is 1. The first-order chi connectivity index (χ1) is 5.74. The molecule has 0 fully saturated rings. The average Bonchev–Trinajstić information content (AvgIpc) is 2.07. The van der Waals surface area contributed by atoms with Gasteiger partial charge in [-0.05, 0) is 43.4 Å². The van der Waals surface area contributed by atoms with Crippen LogP contribution in [0.4, 0.5) is 0 Å². The van der Waals surface area contributed by atoms with Crippen molar-refractivity contribution in [2.75, 3.05) is 12.0 Å². The molecule has 0 radical (unpaired) electrons. The molecule has 1 aromatic carbocycles. The highest BCUT2D eigenvalue weighted by Crippen LogP contribution is 2.12. The Kier molecular flexibility index (Phi) is 3.67. The van der Waals surface area contributed by atoms with E-state index in [0.29, 0.717) is 0 Å². The van der Waals surface area contributed by atoms with Gasteiger partial charge in [0, 0.05) is 0 Å². The van der Waals surface area contributed by atoms with Crippen LogP contribution in [0.15, 0.2) is 18.2 Å². The molecule has 0 N–H and O–H groups in total. The summed E-state index contributed by atoms with van der Waals surface area (Å²) in [6, 6.07) is 6.69. The van der Waals surface area contributed by atoms with E-state index >= 15 is 0 Å². The number of hydrogen-bond acceptors (Lipinski definition) is 1. The number of hydrogen-bond donors (Lipinski definition) is 0. The van der Waals surface area contributed by atoms with Crippen molar-refractivity contribution in [3.05, 3.63) is 34.9 Å². The fraction of sp³-hybridized carbons (Fsp3) is 0.455. The highest BCUT2D eigenvalue weighted by Gasteiger charge is 1.97. The Morgan fingerprint density at radius 2 is 2.00 bits per heavy atom. The molecule has 66 valence electrons. The van der Waals surface area contributed by atoms with Crippen LogP contribution < -0.4 is 0 Å². The molecule has 0 aromatic heterocycles. The molecular formula is C11H16S. The Bertz CT molecular complexity index is 253. The molecule has 0 aliphatic carbocycles. The average molecular weight is 180 g/mol. The molecule has 0 saturated carbocycles. The zero-order chi connectivity index (χ0) is 8.97. The van der Waals surface area contributed by atoms with E-state index in [-0.39, 0.29) is 0 Å². The van der Waals surface area contributed by atoms with E-state index in [0.717, 1.165) is 0 Å². The summed E-state index contributed by atoms with van der Waals surface area (Å²) in [6.07, 6.45) is 3.36. The second-order valence-electron chi connectivity index (χ2n) is 3.17. The van der Waals surface area contributed by atoms with Gasteiger partial charge in [0.15, 0.2) is 0 Å². The van der Waals surface area contributed by atoms with Crippen LogP contribution in [-0.2, 0) is 6.42 Å². The third-order valence-electron chi connectivity index (χ3n) is 2.08. The Hall–Kier alpha value is -0.430. The molecule has 0 amide bonds.